The van der Waals surface area contributed by atoms with E-state index in [1.54, 1.807) is 12.1 Å². The van der Waals surface area contributed by atoms with Crippen LogP contribution in [0.15, 0.2) is 24.3 Å². The Hall–Kier alpha value is -2.08. The van der Waals surface area contributed by atoms with Crippen LogP contribution in [0.3, 0.4) is 0 Å². The second-order valence-electron chi connectivity index (χ2n) is 5.51. The highest BCUT2D eigenvalue weighted by atomic mass is 16.7. The second kappa shape index (κ2) is 6.13. The molecule has 21 heavy (non-hydrogen) atoms. The molecular formula is C15H19NO5. The molecule has 1 aliphatic rings. The maximum atomic E-state index is 12.0. The van der Waals surface area contributed by atoms with Crippen LogP contribution in [0.25, 0.3) is 0 Å². The number of hydrogen-bond acceptors (Lipinski definition) is 5. The number of carbonyl (C=O) groups is 2. The van der Waals surface area contributed by atoms with E-state index in [0.717, 1.165) is 5.56 Å². The van der Waals surface area contributed by atoms with Gasteiger partial charge in [-0.2, -0.15) is 0 Å². The molecule has 1 fully saturated rings. The fourth-order valence-corrected chi connectivity index (χ4v) is 1.87. The van der Waals surface area contributed by atoms with Gasteiger partial charge in [0.1, 0.15) is 5.75 Å². The Bertz CT molecular complexity index is 523. The van der Waals surface area contributed by atoms with E-state index in [1.165, 1.54) is 12.2 Å². The minimum Gasteiger partial charge on any atom is -0.482 e. The number of benzene rings is 1. The standard InChI is InChI=1S/C15H19NO5/c1-15(2)10-21-16(14(15)18)8-11-4-6-12(7-5-11)20-9-13(17)19-3/h4-7H,8-10H2,1-3H3. The van der Waals surface area contributed by atoms with Crippen LogP contribution in [0.1, 0.15) is 19.4 Å². The van der Waals surface area contributed by atoms with Gasteiger partial charge in [0.05, 0.1) is 25.7 Å². The third kappa shape index (κ3) is 3.72. The summed E-state index contributed by atoms with van der Waals surface area (Å²) in [4.78, 5) is 28.4. The Morgan fingerprint density at radius 2 is 2.00 bits per heavy atom. The first-order valence-corrected chi connectivity index (χ1v) is 6.66. The Morgan fingerprint density at radius 3 is 2.52 bits per heavy atom. The molecule has 0 spiro atoms. The molecule has 2 rings (SSSR count). The molecule has 6 nitrogen and oxygen atoms in total. The summed E-state index contributed by atoms with van der Waals surface area (Å²) < 4.78 is 9.74. The number of amides is 1. The maximum Gasteiger partial charge on any atom is 0.343 e. The van der Waals surface area contributed by atoms with Gasteiger partial charge in [-0.1, -0.05) is 12.1 Å². The summed E-state index contributed by atoms with van der Waals surface area (Å²) >= 11 is 0. The van der Waals surface area contributed by atoms with Crippen molar-refractivity contribution in [3.05, 3.63) is 29.8 Å². The van der Waals surface area contributed by atoms with Gasteiger partial charge in [0.15, 0.2) is 6.61 Å². The zero-order chi connectivity index (χ0) is 15.5. The van der Waals surface area contributed by atoms with Crippen molar-refractivity contribution < 1.29 is 23.9 Å². The topological polar surface area (TPSA) is 65.1 Å². The van der Waals surface area contributed by atoms with Crippen molar-refractivity contribution in [3.63, 3.8) is 0 Å². The summed E-state index contributed by atoms with van der Waals surface area (Å²) in [7, 11) is 1.31. The van der Waals surface area contributed by atoms with Crippen LogP contribution in [-0.4, -0.2) is 37.3 Å². The number of carbonyl (C=O) groups excluding carboxylic acids is 2. The quantitative estimate of drug-likeness (QED) is 0.770. The maximum absolute atomic E-state index is 12.0. The molecule has 1 aromatic carbocycles. The summed E-state index contributed by atoms with van der Waals surface area (Å²) in [6.45, 7) is 4.38. The highest BCUT2D eigenvalue weighted by Crippen LogP contribution is 2.28. The van der Waals surface area contributed by atoms with E-state index in [2.05, 4.69) is 4.74 Å². The lowest BCUT2D eigenvalue weighted by atomic mass is 9.95. The minimum absolute atomic E-state index is 0.0199. The van der Waals surface area contributed by atoms with Gasteiger partial charge < -0.3 is 9.47 Å². The van der Waals surface area contributed by atoms with Gasteiger partial charge in [0.25, 0.3) is 5.91 Å². The van der Waals surface area contributed by atoms with Crippen molar-refractivity contribution in [1.82, 2.24) is 5.06 Å². The number of hydroxylamine groups is 2. The molecule has 1 aromatic rings. The van der Waals surface area contributed by atoms with Crippen LogP contribution in [-0.2, 0) is 25.7 Å². The molecule has 1 heterocycles. The molecule has 0 unspecified atom stereocenters. The number of hydrogen-bond donors (Lipinski definition) is 0. The number of ether oxygens (including phenoxy) is 2. The van der Waals surface area contributed by atoms with Crippen LogP contribution < -0.4 is 4.74 Å². The number of rotatable bonds is 5. The van der Waals surface area contributed by atoms with Crippen LogP contribution in [0.5, 0.6) is 5.75 Å². The summed E-state index contributed by atoms with van der Waals surface area (Å²) in [5, 5.41) is 1.38. The SMILES string of the molecule is COC(=O)COc1ccc(CN2OCC(C)(C)C2=O)cc1. The Morgan fingerprint density at radius 1 is 1.33 bits per heavy atom. The molecule has 1 aliphatic heterocycles. The molecule has 0 aromatic heterocycles. The molecule has 0 bridgehead atoms. The van der Waals surface area contributed by atoms with E-state index >= 15 is 0 Å². The average molecular weight is 293 g/mol. The normalized spacial score (nSPS) is 16.9. The van der Waals surface area contributed by atoms with E-state index < -0.39 is 11.4 Å². The molecule has 0 radical (unpaired) electrons. The molecule has 0 atom stereocenters. The highest BCUT2D eigenvalue weighted by molar-refractivity contribution is 5.82. The van der Waals surface area contributed by atoms with E-state index in [1.807, 2.05) is 26.0 Å². The summed E-state index contributed by atoms with van der Waals surface area (Å²) in [5.74, 6) is 0.115. The van der Waals surface area contributed by atoms with E-state index in [0.29, 0.717) is 18.9 Å². The van der Waals surface area contributed by atoms with Crippen molar-refractivity contribution in [2.45, 2.75) is 20.4 Å². The van der Waals surface area contributed by atoms with Crippen LogP contribution >= 0.6 is 0 Å². The first-order valence-electron chi connectivity index (χ1n) is 6.66. The Balaban J connectivity index is 1.91. The van der Waals surface area contributed by atoms with Crippen LogP contribution in [0.4, 0.5) is 0 Å². The lowest BCUT2D eigenvalue weighted by molar-refractivity contribution is -0.165. The molecule has 114 valence electrons. The fraction of sp³-hybridized carbons (Fsp3) is 0.467. The molecule has 0 saturated carbocycles. The van der Waals surface area contributed by atoms with Crippen LogP contribution in [0, 0.1) is 5.41 Å². The van der Waals surface area contributed by atoms with Gasteiger partial charge in [-0.25, -0.2) is 9.86 Å². The fourth-order valence-electron chi connectivity index (χ4n) is 1.87. The van der Waals surface area contributed by atoms with Crippen LogP contribution in [0.2, 0.25) is 0 Å². The smallest absolute Gasteiger partial charge is 0.343 e. The van der Waals surface area contributed by atoms with E-state index in [-0.39, 0.29) is 12.5 Å². The molecule has 1 saturated heterocycles. The molecule has 0 aliphatic carbocycles. The molecule has 0 N–H and O–H groups in total. The van der Waals surface area contributed by atoms with E-state index in [9.17, 15) is 9.59 Å². The zero-order valence-corrected chi connectivity index (χ0v) is 12.4. The molecule has 1 amide bonds. The number of esters is 1. The first-order chi connectivity index (χ1) is 9.92. The zero-order valence-electron chi connectivity index (χ0n) is 12.4. The third-order valence-corrected chi connectivity index (χ3v) is 3.22. The predicted octanol–water partition coefficient (Wildman–Crippen LogP) is 1.54. The number of nitrogens with zero attached hydrogens (tertiary/aromatic N) is 1. The van der Waals surface area contributed by atoms with Gasteiger partial charge in [-0.3, -0.25) is 9.63 Å². The third-order valence-electron chi connectivity index (χ3n) is 3.22. The Labute approximate surface area is 123 Å². The number of methoxy groups -OCH3 is 1. The van der Waals surface area contributed by atoms with Gasteiger partial charge in [-0.05, 0) is 31.5 Å². The molecular weight excluding hydrogens is 274 g/mol. The van der Waals surface area contributed by atoms with Crippen molar-refractivity contribution in [1.29, 1.82) is 0 Å². The van der Waals surface area contributed by atoms with Gasteiger partial charge >= 0.3 is 5.97 Å². The van der Waals surface area contributed by atoms with Gasteiger partial charge in [-0.15, -0.1) is 0 Å². The summed E-state index contributed by atoms with van der Waals surface area (Å²) in [5.41, 5.74) is 0.454. The van der Waals surface area contributed by atoms with Crippen molar-refractivity contribution in [2.75, 3.05) is 20.3 Å². The van der Waals surface area contributed by atoms with Crippen molar-refractivity contribution in [2.24, 2.45) is 5.41 Å². The molecule has 6 heteroatoms. The largest absolute Gasteiger partial charge is 0.482 e. The summed E-state index contributed by atoms with van der Waals surface area (Å²) in [6, 6.07) is 7.14. The minimum atomic E-state index is -0.469. The van der Waals surface area contributed by atoms with E-state index in [4.69, 9.17) is 9.57 Å². The van der Waals surface area contributed by atoms with Crippen molar-refractivity contribution >= 4 is 11.9 Å². The Kier molecular flexibility index (Phi) is 4.47. The van der Waals surface area contributed by atoms with Gasteiger partial charge in [0.2, 0.25) is 0 Å². The predicted molar refractivity (Wildman–Crippen MR) is 74.2 cm³/mol. The highest BCUT2D eigenvalue weighted by Gasteiger charge is 2.40. The average Bonchev–Trinajstić information content (AvgIpc) is 2.73. The second-order valence-corrected chi connectivity index (χ2v) is 5.51. The first kappa shape index (κ1) is 15.3. The monoisotopic (exact) mass is 293 g/mol. The summed E-state index contributed by atoms with van der Waals surface area (Å²) in [6.07, 6.45) is 0. The van der Waals surface area contributed by atoms with Crippen molar-refractivity contribution in [3.8, 4) is 5.75 Å². The lowest BCUT2D eigenvalue weighted by Gasteiger charge is -2.16. The van der Waals surface area contributed by atoms with Gasteiger partial charge in [0, 0.05) is 0 Å². The lowest BCUT2D eigenvalue weighted by Crippen LogP contribution is -2.30.